The van der Waals surface area contributed by atoms with Crippen molar-refractivity contribution in [2.75, 3.05) is 25.4 Å². The lowest BCUT2D eigenvalue weighted by atomic mass is 10.2. The van der Waals surface area contributed by atoms with Crippen LogP contribution in [0.2, 0.25) is 0 Å². The van der Waals surface area contributed by atoms with Gasteiger partial charge in [-0.05, 0) is 25.9 Å². The number of hydrogen-bond acceptors (Lipinski definition) is 5. The van der Waals surface area contributed by atoms with Crippen LogP contribution < -0.4 is 10.8 Å². The van der Waals surface area contributed by atoms with Crippen LogP contribution in [0.1, 0.15) is 12.8 Å². The van der Waals surface area contributed by atoms with Crippen LogP contribution in [-0.2, 0) is 14.4 Å². The molecule has 0 unspecified atom stereocenters. The van der Waals surface area contributed by atoms with E-state index < -0.39 is 12.6 Å². The average molecular weight is 248 g/mol. The van der Waals surface area contributed by atoms with Crippen molar-refractivity contribution in [3.63, 3.8) is 0 Å². The Balaban J connectivity index is 2.02. The first-order valence-corrected chi connectivity index (χ1v) is 6.18. The lowest BCUT2D eigenvalue weighted by molar-refractivity contribution is -0.148. The maximum absolute atomic E-state index is 11.2. The van der Waals surface area contributed by atoms with Crippen molar-refractivity contribution in [2.24, 2.45) is 0 Å². The molecule has 0 saturated carbocycles. The molecule has 7 heteroatoms. The lowest BCUT2D eigenvalue weighted by Crippen LogP contribution is -2.32. The van der Waals surface area contributed by atoms with Gasteiger partial charge in [-0.15, -0.1) is 11.8 Å². The zero-order valence-electron chi connectivity index (χ0n) is 8.90. The van der Waals surface area contributed by atoms with Crippen LogP contribution in [0.4, 0.5) is 0 Å². The van der Waals surface area contributed by atoms with Crippen molar-refractivity contribution in [2.45, 2.75) is 18.1 Å². The zero-order valence-corrected chi connectivity index (χ0v) is 9.72. The molecular weight excluding hydrogens is 232 g/mol. The fourth-order valence-electron chi connectivity index (χ4n) is 1.36. The Kier molecular flexibility index (Phi) is 6.20. The van der Waals surface area contributed by atoms with Crippen LogP contribution in [0.3, 0.4) is 0 Å². The highest BCUT2D eigenvalue weighted by atomic mass is 32.2. The minimum absolute atomic E-state index is 0.287. The van der Waals surface area contributed by atoms with E-state index in [1.165, 1.54) is 0 Å². The summed E-state index contributed by atoms with van der Waals surface area (Å²) in [5.74, 6) is -1.08. The van der Waals surface area contributed by atoms with Crippen LogP contribution in [-0.4, -0.2) is 47.7 Å². The van der Waals surface area contributed by atoms with E-state index in [9.17, 15) is 9.59 Å². The molecule has 0 bridgehead atoms. The number of hydrogen-bond donors (Lipinski definition) is 3. The maximum Gasteiger partial charge on any atom is 0.332 e. The van der Waals surface area contributed by atoms with Crippen LogP contribution >= 0.6 is 11.8 Å². The lowest BCUT2D eigenvalue weighted by Gasteiger charge is -2.21. The molecule has 6 nitrogen and oxygen atoms in total. The Morgan fingerprint density at radius 2 is 2.12 bits per heavy atom. The summed E-state index contributed by atoms with van der Waals surface area (Å²) in [6, 6.07) is 0. The molecule has 0 radical (unpaired) electrons. The molecule has 1 amide bonds. The first kappa shape index (κ1) is 13.3. The highest BCUT2D eigenvalue weighted by Gasteiger charge is 2.14. The standard InChI is InChI=1S/C9H16N2O4S/c12-8(11-15-5-9(13)14)6-16-7-1-3-10-4-2-7/h7,10H,1-6H2,(H,11,12)(H,13,14). The van der Waals surface area contributed by atoms with Gasteiger partial charge in [-0.3, -0.25) is 9.63 Å². The van der Waals surface area contributed by atoms with Crippen LogP contribution in [0, 0.1) is 0 Å². The summed E-state index contributed by atoms with van der Waals surface area (Å²) in [7, 11) is 0. The molecule has 0 aromatic heterocycles. The van der Waals surface area contributed by atoms with Crippen LogP contribution in [0.5, 0.6) is 0 Å². The Labute approximate surface area is 98.1 Å². The topological polar surface area (TPSA) is 87.7 Å². The van der Waals surface area contributed by atoms with Gasteiger partial charge in [0.05, 0.1) is 5.75 Å². The molecule has 1 aliphatic rings. The largest absolute Gasteiger partial charge is 0.479 e. The Bertz CT molecular complexity index is 244. The van der Waals surface area contributed by atoms with Gasteiger partial charge in [0.15, 0.2) is 6.61 Å². The number of aliphatic carboxylic acids is 1. The third kappa shape index (κ3) is 5.94. The van der Waals surface area contributed by atoms with Crippen molar-refractivity contribution in [3.8, 4) is 0 Å². The zero-order chi connectivity index (χ0) is 11.8. The highest BCUT2D eigenvalue weighted by molar-refractivity contribution is 8.00. The quantitative estimate of drug-likeness (QED) is 0.555. The summed E-state index contributed by atoms with van der Waals surface area (Å²) in [6.45, 7) is 1.48. The minimum Gasteiger partial charge on any atom is -0.479 e. The van der Waals surface area contributed by atoms with Gasteiger partial charge in [0.25, 0.3) is 5.91 Å². The van der Waals surface area contributed by atoms with E-state index in [2.05, 4.69) is 15.6 Å². The van der Waals surface area contributed by atoms with E-state index in [0.717, 1.165) is 25.9 Å². The van der Waals surface area contributed by atoms with E-state index in [4.69, 9.17) is 5.11 Å². The van der Waals surface area contributed by atoms with Gasteiger partial charge in [-0.1, -0.05) is 0 Å². The van der Waals surface area contributed by atoms with Crippen molar-refractivity contribution in [3.05, 3.63) is 0 Å². The molecule has 0 aromatic rings. The molecular formula is C9H16N2O4S. The number of rotatable bonds is 6. The summed E-state index contributed by atoms with van der Waals surface area (Å²) in [6.07, 6.45) is 2.13. The van der Waals surface area contributed by atoms with E-state index in [0.29, 0.717) is 11.0 Å². The van der Waals surface area contributed by atoms with E-state index in [-0.39, 0.29) is 5.91 Å². The summed E-state index contributed by atoms with van der Waals surface area (Å²) in [4.78, 5) is 25.8. The Morgan fingerprint density at radius 1 is 1.44 bits per heavy atom. The van der Waals surface area contributed by atoms with Crippen molar-refractivity contribution in [1.82, 2.24) is 10.8 Å². The molecule has 0 aliphatic carbocycles. The van der Waals surface area contributed by atoms with Gasteiger partial charge in [0, 0.05) is 5.25 Å². The molecule has 0 atom stereocenters. The Morgan fingerprint density at radius 3 is 2.75 bits per heavy atom. The van der Waals surface area contributed by atoms with Crippen LogP contribution in [0.15, 0.2) is 0 Å². The minimum atomic E-state index is -1.11. The number of carboxylic acid groups (broad SMARTS) is 1. The summed E-state index contributed by atoms with van der Waals surface area (Å²) < 4.78 is 0. The molecule has 1 aliphatic heterocycles. The van der Waals surface area contributed by atoms with Gasteiger partial charge in [0.2, 0.25) is 0 Å². The van der Waals surface area contributed by atoms with Gasteiger partial charge < -0.3 is 10.4 Å². The summed E-state index contributed by atoms with van der Waals surface area (Å²) in [5.41, 5.74) is 2.10. The second kappa shape index (κ2) is 7.48. The van der Waals surface area contributed by atoms with E-state index in [1.807, 2.05) is 0 Å². The summed E-state index contributed by atoms with van der Waals surface area (Å²) in [5, 5.41) is 12.0. The number of piperidine rings is 1. The molecule has 0 aromatic carbocycles. The first-order valence-electron chi connectivity index (χ1n) is 5.13. The third-order valence-electron chi connectivity index (χ3n) is 2.12. The van der Waals surface area contributed by atoms with Crippen molar-refractivity contribution < 1.29 is 19.5 Å². The second-order valence-corrected chi connectivity index (χ2v) is 4.76. The summed E-state index contributed by atoms with van der Waals surface area (Å²) >= 11 is 1.58. The smallest absolute Gasteiger partial charge is 0.332 e. The average Bonchev–Trinajstić information content (AvgIpc) is 2.27. The van der Waals surface area contributed by atoms with Gasteiger partial charge in [0.1, 0.15) is 0 Å². The molecule has 1 heterocycles. The van der Waals surface area contributed by atoms with E-state index >= 15 is 0 Å². The molecule has 92 valence electrons. The molecule has 3 N–H and O–H groups in total. The number of carbonyl (C=O) groups excluding carboxylic acids is 1. The SMILES string of the molecule is O=C(O)CONC(=O)CSC1CCNCC1. The predicted molar refractivity (Wildman–Crippen MR) is 60.1 cm³/mol. The number of carbonyl (C=O) groups is 2. The second-order valence-electron chi connectivity index (χ2n) is 3.47. The Hall–Kier alpha value is -0.790. The highest BCUT2D eigenvalue weighted by Crippen LogP contribution is 2.19. The van der Waals surface area contributed by atoms with Crippen LogP contribution in [0.25, 0.3) is 0 Å². The molecule has 1 saturated heterocycles. The molecule has 0 spiro atoms. The number of carboxylic acids is 1. The number of hydroxylamine groups is 1. The van der Waals surface area contributed by atoms with E-state index in [1.54, 1.807) is 11.8 Å². The molecule has 16 heavy (non-hydrogen) atoms. The van der Waals surface area contributed by atoms with Gasteiger partial charge in [-0.25, -0.2) is 10.3 Å². The van der Waals surface area contributed by atoms with Gasteiger partial charge in [-0.2, -0.15) is 0 Å². The van der Waals surface area contributed by atoms with Gasteiger partial charge >= 0.3 is 5.97 Å². The number of thioether (sulfide) groups is 1. The monoisotopic (exact) mass is 248 g/mol. The predicted octanol–water partition coefficient (Wildman–Crippen LogP) is -0.396. The third-order valence-corrected chi connectivity index (χ3v) is 3.49. The van der Waals surface area contributed by atoms with Crippen molar-refractivity contribution in [1.29, 1.82) is 0 Å². The number of amides is 1. The first-order chi connectivity index (χ1) is 7.68. The molecule has 1 fully saturated rings. The fourth-order valence-corrected chi connectivity index (χ4v) is 2.38. The number of nitrogens with one attached hydrogen (secondary N) is 2. The fraction of sp³-hybridized carbons (Fsp3) is 0.778. The normalized spacial score (nSPS) is 17.0. The van der Waals surface area contributed by atoms with Crippen molar-refractivity contribution >= 4 is 23.6 Å². The molecule has 1 rings (SSSR count). The maximum atomic E-state index is 11.2.